The molecule has 2 amide bonds. The molecule has 0 saturated carbocycles. The number of nitrogens with zero attached hydrogens (tertiary/aromatic N) is 1. The summed E-state index contributed by atoms with van der Waals surface area (Å²) in [5, 5.41) is 0.636. The second kappa shape index (κ2) is 9.15. The van der Waals surface area contributed by atoms with Crippen LogP contribution in [-0.2, 0) is 14.4 Å². The zero-order valence-electron chi connectivity index (χ0n) is 17.4. The number of hydrogen-bond donors (Lipinski definition) is 1. The van der Waals surface area contributed by atoms with E-state index in [1.165, 1.54) is 29.2 Å². The van der Waals surface area contributed by atoms with Gasteiger partial charge in [-0.3, -0.25) is 9.59 Å². The zero-order valence-corrected chi connectivity index (χ0v) is 18.2. The first kappa shape index (κ1) is 22.7. The van der Waals surface area contributed by atoms with Crippen LogP contribution in [0.2, 0.25) is 5.02 Å². The van der Waals surface area contributed by atoms with Crippen molar-refractivity contribution in [1.82, 2.24) is 4.90 Å². The van der Waals surface area contributed by atoms with Crippen LogP contribution < -0.4 is 11.4 Å². The van der Waals surface area contributed by atoms with Crippen molar-refractivity contribution in [1.29, 1.82) is 0 Å². The molecule has 0 bridgehead atoms. The number of aldehydes is 1. The number of primary amides is 1. The lowest BCUT2D eigenvalue weighted by Gasteiger charge is -2.32. The second-order valence-electron chi connectivity index (χ2n) is 8.00. The van der Waals surface area contributed by atoms with Crippen molar-refractivity contribution in [2.24, 2.45) is 11.7 Å². The van der Waals surface area contributed by atoms with Crippen LogP contribution in [-0.4, -0.2) is 36.1 Å². The predicted octanol–water partition coefficient (Wildman–Crippen LogP) is 3.26. The Labute approximate surface area is 192 Å². The Morgan fingerprint density at radius 2 is 1.97 bits per heavy atom. The van der Waals surface area contributed by atoms with E-state index in [0.717, 1.165) is 6.07 Å². The minimum Gasteiger partial charge on any atom is -0.423 e. The summed E-state index contributed by atoms with van der Waals surface area (Å²) >= 11 is 6.18. The van der Waals surface area contributed by atoms with Crippen molar-refractivity contribution in [2.75, 3.05) is 13.1 Å². The summed E-state index contributed by atoms with van der Waals surface area (Å²) in [5.74, 6) is -3.02. The predicted molar refractivity (Wildman–Crippen MR) is 120 cm³/mol. The number of nitrogens with two attached hydrogens (primary N) is 1. The quantitative estimate of drug-likeness (QED) is 0.349. The Morgan fingerprint density at radius 1 is 1.18 bits per heavy atom. The van der Waals surface area contributed by atoms with E-state index in [9.17, 15) is 23.6 Å². The number of carbonyl (C=O) groups is 3. The van der Waals surface area contributed by atoms with Crippen molar-refractivity contribution in [3.05, 3.63) is 69.3 Å². The lowest BCUT2D eigenvalue weighted by molar-refractivity contribution is -0.137. The van der Waals surface area contributed by atoms with E-state index < -0.39 is 35.1 Å². The van der Waals surface area contributed by atoms with Gasteiger partial charge in [-0.05, 0) is 42.7 Å². The molecular formula is C24H20ClFN2O5. The van der Waals surface area contributed by atoms with Crippen molar-refractivity contribution < 1.29 is 23.2 Å². The van der Waals surface area contributed by atoms with Gasteiger partial charge in [0, 0.05) is 35.7 Å². The van der Waals surface area contributed by atoms with Gasteiger partial charge in [0.2, 0.25) is 11.8 Å². The number of halogens is 2. The first-order valence-electron chi connectivity index (χ1n) is 10.3. The molecule has 3 aromatic rings. The van der Waals surface area contributed by atoms with Gasteiger partial charge in [-0.1, -0.05) is 23.7 Å². The van der Waals surface area contributed by atoms with Gasteiger partial charge in [0.25, 0.3) is 0 Å². The van der Waals surface area contributed by atoms with Gasteiger partial charge in [0.15, 0.2) is 0 Å². The van der Waals surface area contributed by atoms with Gasteiger partial charge >= 0.3 is 5.63 Å². The summed E-state index contributed by atoms with van der Waals surface area (Å²) in [6, 6.07) is 9.76. The molecule has 2 heterocycles. The van der Waals surface area contributed by atoms with Crippen LogP contribution in [0.3, 0.4) is 0 Å². The molecule has 1 aromatic heterocycles. The first-order chi connectivity index (χ1) is 15.8. The molecule has 2 aromatic carbocycles. The molecule has 1 saturated heterocycles. The van der Waals surface area contributed by atoms with E-state index in [0.29, 0.717) is 47.7 Å². The summed E-state index contributed by atoms with van der Waals surface area (Å²) in [7, 11) is 0. The number of rotatable bonds is 5. The van der Waals surface area contributed by atoms with Gasteiger partial charge in [-0.2, -0.15) is 0 Å². The Hall–Kier alpha value is -3.52. The van der Waals surface area contributed by atoms with Gasteiger partial charge < -0.3 is 19.8 Å². The summed E-state index contributed by atoms with van der Waals surface area (Å²) < 4.78 is 18.8. The number of fused-ring (bicyclic) bond motifs is 1. The molecule has 4 rings (SSSR count). The summed E-state index contributed by atoms with van der Waals surface area (Å²) in [5.41, 5.74) is 6.10. The Balaban J connectivity index is 1.72. The van der Waals surface area contributed by atoms with E-state index in [-0.39, 0.29) is 17.2 Å². The first-order valence-corrected chi connectivity index (χ1v) is 10.7. The number of carbonyl (C=O) groups excluding carboxylic acids is 3. The highest BCUT2D eigenvalue weighted by Gasteiger charge is 2.32. The lowest BCUT2D eigenvalue weighted by atomic mass is 9.93. The number of piperidine rings is 1. The molecule has 1 unspecified atom stereocenters. The molecule has 170 valence electrons. The van der Waals surface area contributed by atoms with Gasteiger partial charge in [-0.25, -0.2) is 9.18 Å². The van der Waals surface area contributed by atoms with Crippen LogP contribution in [0.15, 0.2) is 51.7 Å². The van der Waals surface area contributed by atoms with Gasteiger partial charge in [0.1, 0.15) is 23.6 Å². The van der Waals surface area contributed by atoms with Gasteiger partial charge in [-0.15, -0.1) is 0 Å². The molecule has 9 heteroatoms. The van der Waals surface area contributed by atoms with Crippen molar-refractivity contribution in [3.63, 3.8) is 0 Å². The molecule has 2 atom stereocenters. The monoisotopic (exact) mass is 470 g/mol. The molecular weight excluding hydrogens is 451 g/mol. The normalized spacial score (nSPS) is 17.0. The third kappa shape index (κ3) is 4.52. The average Bonchev–Trinajstić information content (AvgIpc) is 2.79. The fraction of sp³-hybridized carbons (Fsp3) is 0.250. The van der Waals surface area contributed by atoms with Crippen LogP contribution in [0.4, 0.5) is 4.39 Å². The van der Waals surface area contributed by atoms with E-state index in [1.807, 2.05) is 0 Å². The van der Waals surface area contributed by atoms with Crippen molar-refractivity contribution >= 4 is 40.7 Å². The molecule has 0 aliphatic carbocycles. The van der Waals surface area contributed by atoms with E-state index in [2.05, 4.69) is 0 Å². The molecule has 1 aliphatic rings. The summed E-state index contributed by atoms with van der Waals surface area (Å²) in [6.07, 6.45) is 1.73. The Morgan fingerprint density at radius 3 is 2.67 bits per heavy atom. The SMILES string of the molecule is NC(=O)[C@H]1CCCN(C(=O)C(C=O)c2ccc3c(-c4ccc(F)cc4Cl)cc(=O)oc3c2)C1. The highest BCUT2D eigenvalue weighted by molar-refractivity contribution is 6.33. The highest BCUT2D eigenvalue weighted by Crippen LogP contribution is 2.34. The molecule has 2 N–H and O–H groups in total. The molecule has 0 spiro atoms. The van der Waals surface area contributed by atoms with Crippen LogP contribution in [0.5, 0.6) is 0 Å². The smallest absolute Gasteiger partial charge is 0.336 e. The lowest BCUT2D eigenvalue weighted by Crippen LogP contribution is -2.46. The third-order valence-corrected chi connectivity index (χ3v) is 6.20. The van der Waals surface area contributed by atoms with E-state index >= 15 is 0 Å². The molecule has 0 radical (unpaired) electrons. The maximum atomic E-state index is 13.5. The maximum Gasteiger partial charge on any atom is 0.336 e. The topological polar surface area (TPSA) is 111 Å². The fourth-order valence-corrected chi connectivity index (χ4v) is 4.46. The Kier molecular flexibility index (Phi) is 6.29. The minimum atomic E-state index is -1.13. The summed E-state index contributed by atoms with van der Waals surface area (Å²) in [4.78, 5) is 50.2. The molecule has 1 fully saturated rings. The second-order valence-corrected chi connectivity index (χ2v) is 8.41. The van der Waals surface area contributed by atoms with Crippen LogP contribution in [0, 0.1) is 11.7 Å². The van der Waals surface area contributed by atoms with Crippen molar-refractivity contribution in [2.45, 2.75) is 18.8 Å². The largest absolute Gasteiger partial charge is 0.423 e. The number of amides is 2. The average molecular weight is 471 g/mol. The van der Waals surface area contributed by atoms with Crippen LogP contribution >= 0.6 is 11.6 Å². The molecule has 7 nitrogen and oxygen atoms in total. The van der Waals surface area contributed by atoms with Crippen molar-refractivity contribution in [3.8, 4) is 11.1 Å². The maximum absolute atomic E-state index is 13.5. The van der Waals surface area contributed by atoms with Crippen LogP contribution in [0.1, 0.15) is 24.3 Å². The number of benzene rings is 2. The molecule has 33 heavy (non-hydrogen) atoms. The Bertz CT molecular complexity index is 1320. The minimum absolute atomic E-state index is 0.126. The summed E-state index contributed by atoms with van der Waals surface area (Å²) in [6.45, 7) is 0.581. The number of hydrogen-bond acceptors (Lipinski definition) is 5. The highest BCUT2D eigenvalue weighted by atomic mass is 35.5. The fourth-order valence-electron chi connectivity index (χ4n) is 4.19. The van der Waals surface area contributed by atoms with Crippen LogP contribution in [0.25, 0.3) is 22.1 Å². The molecule has 1 aliphatic heterocycles. The van der Waals surface area contributed by atoms with E-state index in [1.54, 1.807) is 12.1 Å². The zero-order chi connectivity index (χ0) is 23.7. The van der Waals surface area contributed by atoms with Gasteiger partial charge in [0.05, 0.1) is 10.9 Å². The standard InChI is InChI=1S/C24H20ClFN2O5/c25-20-9-15(26)4-6-16(20)18-10-22(30)33-21-8-13(3-5-17(18)21)19(12-29)24(32)28-7-1-2-14(11-28)23(27)31/h3-6,8-10,12,14,19H,1-2,7,11H2,(H2,27,31)/t14-,19?/m0/s1. The third-order valence-electron chi connectivity index (χ3n) is 5.89. The van der Waals surface area contributed by atoms with E-state index in [4.69, 9.17) is 21.8 Å². The number of likely N-dealkylation sites (tertiary alicyclic amines) is 1.